The summed E-state index contributed by atoms with van der Waals surface area (Å²) in [5.41, 5.74) is 2.83. The van der Waals surface area contributed by atoms with Crippen LogP contribution in [0.1, 0.15) is 40.6 Å². The third-order valence-corrected chi connectivity index (χ3v) is 6.04. The van der Waals surface area contributed by atoms with Crippen LogP contribution in [0.15, 0.2) is 29.6 Å². The predicted molar refractivity (Wildman–Crippen MR) is 103 cm³/mol. The Bertz CT molecular complexity index is 920. The zero-order valence-corrected chi connectivity index (χ0v) is 15.8. The number of anilines is 2. The van der Waals surface area contributed by atoms with Crippen molar-refractivity contribution in [3.05, 3.63) is 45.6 Å². The van der Waals surface area contributed by atoms with Crippen LogP contribution in [-0.2, 0) is 27.2 Å². The van der Waals surface area contributed by atoms with E-state index in [0.29, 0.717) is 16.9 Å². The standard InChI is InChI=1S/C20H20N2O4S/c1-12(26-20(25)14-11-27-17-9-5-2-6-13(14)17)19(24)22-10-18(23)21-15-7-3-4-8-16(15)22/h3-4,7-8,11-12H,2,5-6,9-10H2,1H3,(H,21,23)/t12-/m1/s1. The molecule has 0 unspecified atom stereocenters. The normalized spacial score (nSPS) is 16.8. The van der Waals surface area contributed by atoms with Crippen LogP contribution >= 0.6 is 11.3 Å². The first-order chi connectivity index (χ1) is 13.0. The molecule has 7 heteroatoms. The quantitative estimate of drug-likeness (QED) is 0.825. The van der Waals surface area contributed by atoms with Crippen molar-refractivity contribution < 1.29 is 19.1 Å². The van der Waals surface area contributed by atoms with Gasteiger partial charge < -0.3 is 10.1 Å². The molecule has 0 saturated carbocycles. The Kier molecular flexibility index (Phi) is 4.70. The lowest BCUT2D eigenvalue weighted by atomic mass is 9.96. The lowest BCUT2D eigenvalue weighted by Crippen LogP contribution is -2.47. The minimum absolute atomic E-state index is 0.0917. The molecule has 6 nitrogen and oxygen atoms in total. The molecule has 1 N–H and O–H groups in total. The number of ether oxygens (including phenoxy) is 1. The summed E-state index contributed by atoms with van der Waals surface area (Å²) in [6.07, 6.45) is 3.12. The Labute approximate surface area is 161 Å². The molecule has 0 bridgehead atoms. The van der Waals surface area contributed by atoms with E-state index in [1.54, 1.807) is 42.5 Å². The summed E-state index contributed by atoms with van der Waals surface area (Å²) in [5, 5.41) is 4.57. The molecule has 1 aliphatic heterocycles. The first kappa shape index (κ1) is 17.7. The molecule has 0 radical (unpaired) electrons. The molecule has 1 atom stereocenters. The molecular formula is C20H20N2O4S. The van der Waals surface area contributed by atoms with Gasteiger partial charge in [0.05, 0.1) is 16.9 Å². The van der Waals surface area contributed by atoms with Gasteiger partial charge in [-0.2, -0.15) is 0 Å². The van der Waals surface area contributed by atoms with Gasteiger partial charge in [-0.05, 0) is 50.3 Å². The molecular weight excluding hydrogens is 364 g/mol. The van der Waals surface area contributed by atoms with Crippen LogP contribution in [0.25, 0.3) is 0 Å². The van der Waals surface area contributed by atoms with Gasteiger partial charge in [0.2, 0.25) is 5.91 Å². The Morgan fingerprint density at radius 2 is 2.00 bits per heavy atom. The number of rotatable bonds is 3. The van der Waals surface area contributed by atoms with Gasteiger partial charge in [0.1, 0.15) is 6.54 Å². The first-order valence-electron chi connectivity index (χ1n) is 9.05. The van der Waals surface area contributed by atoms with Gasteiger partial charge in [-0.3, -0.25) is 14.5 Å². The molecule has 2 heterocycles. The fourth-order valence-corrected chi connectivity index (χ4v) is 4.70. The average molecular weight is 384 g/mol. The average Bonchev–Trinajstić information content (AvgIpc) is 3.11. The number of fused-ring (bicyclic) bond motifs is 2. The van der Waals surface area contributed by atoms with Crippen molar-refractivity contribution in [3.63, 3.8) is 0 Å². The van der Waals surface area contributed by atoms with E-state index < -0.39 is 18.0 Å². The number of carbonyl (C=O) groups excluding carboxylic acids is 3. The highest BCUT2D eigenvalue weighted by molar-refractivity contribution is 7.10. The van der Waals surface area contributed by atoms with E-state index in [4.69, 9.17) is 4.74 Å². The number of aryl methyl sites for hydroxylation is 1. The van der Waals surface area contributed by atoms with Crippen molar-refractivity contribution >= 4 is 40.5 Å². The number of carbonyl (C=O) groups is 3. The molecule has 140 valence electrons. The van der Waals surface area contributed by atoms with Gasteiger partial charge in [0.25, 0.3) is 5.91 Å². The van der Waals surface area contributed by atoms with Crippen LogP contribution in [0.3, 0.4) is 0 Å². The van der Waals surface area contributed by atoms with Crippen LogP contribution in [0.2, 0.25) is 0 Å². The zero-order chi connectivity index (χ0) is 19.0. The maximum atomic E-state index is 12.9. The molecule has 1 aromatic heterocycles. The number of nitrogens with zero attached hydrogens (tertiary/aromatic N) is 1. The fraction of sp³-hybridized carbons (Fsp3) is 0.350. The van der Waals surface area contributed by atoms with Crippen molar-refractivity contribution in [3.8, 4) is 0 Å². The topological polar surface area (TPSA) is 75.7 Å². The molecule has 4 rings (SSSR count). The van der Waals surface area contributed by atoms with Crippen LogP contribution in [-0.4, -0.2) is 30.4 Å². The number of hydrogen-bond acceptors (Lipinski definition) is 5. The second-order valence-corrected chi connectivity index (χ2v) is 7.76. The highest BCUT2D eigenvalue weighted by Gasteiger charge is 2.32. The van der Waals surface area contributed by atoms with E-state index >= 15 is 0 Å². The lowest BCUT2D eigenvalue weighted by molar-refractivity contribution is -0.128. The third kappa shape index (κ3) is 3.35. The third-order valence-electron chi connectivity index (χ3n) is 4.95. The zero-order valence-electron chi connectivity index (χ0n) is 15.0. The van der Waals surface area contributed by atoms with Gasteiger partial charge in [-0.25, -0.2) is 4.79 Å². The Hall–Kier alpha value is -2.67. The maximum Gasteiger partial charge on any atom is 0.340 e. The second-order valence-electron chi connectivity index (χ2n) is 6.80. The van der Waals surface area contributed by atoms with E-state index in [9.17, 15) is 14.4 Å². The summed E-state index contributed by atoms with van der Waals surface area (Å²) in [5.74, 6) is -1.15. The molecule has 0 fully saturated rings. The second kappa shape index (κ2) is 7.15. The fourth-order valence-electron chi connectivity index (χ4n) is 3.59. The summed E-state index contributed by atoms with van der Waals surface area (Å²) in [7, 11) is 0. The minimum Gasteiger partial charge on any atom is -0.449 e. The number of amides is 2. The Morgan fingerprint density at radius 3 is 2.85 bits per heavy atom. The first-order valence-corrected chi connectivity index (χ1v) is 9.93. The number of benzene rings is 1. The lowest BCUT2D eigenvalue weighted by Gasteiger charge is -2.30. The molecule has 0 saturated heterocycles. The number of para-hydroxylation sites is 2. The summed E-state index contributed by atoms with van der Waals surface area (Å²) in [4.78, 5) is 40.0. The van der Waals surface area contributed by atoms with Crippen LogP contribution in [0, 0.1) is 0 Å². The van der Waals surface area contributed by atoms with E-state index in [1.165, 1.54) is 9.78 Å². The molecule has 1 aromatic carbocycles. The highest BCUT2D eigenvalue weighted by Crippen LogP contribution is 2.32. The van der Waals surface area contributed by atoms with E-state index in [-0.39, 0.29) is 12.5 Å². The van der Waals surface area contributed by atoms with Crippen LogP contribution in [0.5, 0.6) is 0 Å². The smallest absolute Gasteiger partial charge is 0.340 e. The number of thiophene rings is 1. The SMILES string of the molecule is C[C@@H](OC(=O)c1csc2c1CCCC2)C(=O)N1CC(=O)Nc2ccccc21. The van der Waals surface area contributed by atoms with Crippen molar-refractivity contribution in [1.82, 2.24) is 0 Å². The maximum absolute atomic E-state index is 12.9. The monoisotopic (exact) mass is 384 g/mol. The molecule has 2 aromatic rings. The van der Waals surface area contributed by atoms with Gasteiger partial charge in [0, 0.05) is 10.3 Å². The van der Waals surface area contributed by atoms with E-state index in [1.807, 2.05) is 5.38 Å². The summed E-state index contributed by atoms with van der Waals surface area (Å²) in [6, 6.07) is 7.08. The van der Waals surface area contributed by atoms with Crippen LogP contribution < -0.4 is 10.2 Å². The van der Waals surface area contributed by atoms with Crippen molar-refractivity contribution in [2.75, 3.05) is 16.8 Å². The van der Waals surface area contributed by atoms with Gasteiger partial charge in [-0.15, -0.1) is 11.3 Å². The minimum atomic E-state index is -0.976. The van der Waals surface area contributed by atoms with Gasteiger partial charge in [-0.1, -0.05) is 12.1 Å². The van der Waals surface area contributed by atoms with Crippen molar-refractivity contribution in [1.29, 1.82) is 0 Å². The van der Waals surface area contributed by atoms with Crippen molar-refractivity contribution in [2.45, 2.75) is 38.7 Å². The predicted octanol–water partition coefficient (Wildman–Crippen LogP) is 3.16. The summed E-state index contributed by atoms with van der Waals surface area (Å²) >= 11 is 1.59. The summed E-state index contributed by atoms with van der Waals surface area (Å²) < 4.78 is 5.47. The number of nitrogens with one attached hydrogen (secondary N) is 1. The van der Waals surface area contributed by atoms with Gasteiger partial charge in [0.15, 0.2) is 6.10 Å². The molecule has 27 heavy (non-hydrogen) atoms. The molecule has 2 amide bonds. The molecule has 1 aliphatic carbocycles. The highest BCUT2D eigenvalue weighted by atomic mass is 32.1. The molecule has 0 spiro atoms. The van der Waals surface area contributed by atoms with E-state index in [2.05, 4.69) is 5.32 Å². The largest absolute Gasteiger partial charge is 0.449 e. The number of esters is 1. The molecule has 2 aliphatic rings. The summed E-state index contributed by atoms with van der Waals surface area (Å²) in [6.45, 7) is 1.46. The van der Waals surface area contributed by atoms with Crippen molar-refractivity contribution in [2.24, 2.45) is 0 Å². The van der Waals surface area contributed by atoms with Gasteiger partial charge >= 0.3 is 5.97 Å². The van der Waals surface area contributed by atoms with Crippen LogP contribution in [0.4, 0.5) is 11.4 Å². The number of hydrogen-bond donors (Lipinski definition) is 1. The van der Waals surface area contributed by atoms with E-state index in [0.717, 1.165) is 31.2 Å². The Morgan fingerprint density at radius 1 is 1.22 bits per heavy atom. The Balaban J connectivity index is 1.51.